The molecule has 1 unspecified atom stereocenters. The molecular weight excluding hydrogens is 342 g/mol. The van der Waals surface area contributed by atoms with Crippen LogP contribution < -0.4 is 0 Å². The van der Waals surface area contributed by atoms with Gasteiger partial charge < -0.3 is 4.42 Å². The number of furan rings is 1. The molecule has 0 bridgehead atoms. The lowest BCUT2D eigenvalue weighted by atomic mass is 10.1. The summed E-state index contributed by atoms with van der Waals surface area (Å²) in [5.74, 6) is -0.398. The van der Waals surface area contributed by atoms with Gasteiger partial charge in [0.15, 0.2) is 9.84 Å². The molecule has 3 aromatic rings. The van der Waals surface area contributed by atoms with Crippen molar-refractivity contribution < 1.29 is 22.8 Å². The number of fused-ring (bicyclic) bond motifs is 1. The number of para-hydroxylation sites is 1. The van der Waals surface area contributed by atoms with E-state index in [1.54, 1.807) is 42.5 Å². The first kappa shape index (κ1) is 17.2. The van der Waals surface area contributed by atoms with Crippen LogP contribution in [0.3, 0.4) is 0 Å². The molecule has 1 heterocycles. The summed E-state index contributed by atoms with van der Waals surface area (Å²) in [5, 5.41) is 11.0. The molecule has 0 spiro atoms. The maximum absolute atomic E-state index is 12.6. The molecule has 0 saturated heterocycles. The van der Waals surface area contributed by atoms with Crippen molar-refractivity contribution in [2.24, 2.45) is 0 Å². The second kappa shape index (κ2) is 7.08. The third-order valence-corrected chi connectivity index (χ3v) is 5.41. The smallest absolute Gasteiger partial charge is 0.233 e. The predicted octanol–water partition coefficient (Wildman–Crippen LogP) is 2.94. The van der Waals surface area contributed by atoms with Crippen LogP contribution in [0.4, 0.5) is 0 Å². The monoisotopic (exact) mass is 359 g/mol. The van der Waals surface area contributed by atoms with Crippen molar-refractivity contribution in [3.8, 4) is 0 Å². The quantitative estimate of drug-likeness (QED) is 0.398. The lowest BCUT2D eigenvalue weighted by Gasteiger charge is -2.22. The molecule has 0 aliphatic heterocycles. The first-order chi connectivity index (χ1) is 12.0. The third kappa shape index (κ3) is 4.07. The highest BCUT2D eigenvalue weighted by atomic mass is 32.2. The molecule has 7 heteroatoms. The van der Waals surface area contributed by atoms with Gasteiger partial charge in [0.05, 0.1) is 11.8 Å². The van der Waals surface area contributed by atoms with Crippen LogP contribution >= 0.6 is 0 Å². The van der Waals surface area contributed by atoms with Crippen molar-refractivity contribution in [3.63, 3.8) is 0 Å². The van der Waals surface area contributed by atoms with Crippen molar-refractivity contribution in [1.29, 1.82) is 0 Å². The van der Waals surface area contributed by atoms with Gasteiger partial charge in [0.2, 0.25) is 6.41 Å². The predicted molar refractivity (Wildman–Crippen MR) is 92.6 cm³/mol. The lowest BCUT2D eigenvalue weighted by molar-refractivity contribution is -0.158. The summed E-state index contributed by atoms with van der Waals surface area (Å²) in [6.07, 6.45) is 0.203. The molecule has 1 atom stereocenters. The van der Waals surface area contributed by atoms with Crippen molar-refractivity contribution in [1.82, 2.24) is 5.06 Å². The first-order valence-corrected chi connectivity index (χ1v) is 9.46. The van der Waals surface area contributed by atoms with Gasteiger partial charge in [-0.3, -0.25) is 10.0 Å². The Morgan fingerprint density at radius 3 is 2.44 bits per heavy atom. The molecule has 3 rings (SSSR count). The van der Waals surface area contributed by atoms with E-state index in [-0.39, 0.29) is 12.2 Å². The minimum Gasteiger partial charge on any atom is -0.460 e. The molecule has 0 saturated carbocycles. The van der Waals surface area contributed by atoms with Gasteiger partial charge in [-0.15, -0.1) is 0 Å². The summed E-state index contributed by atoms with van der Waals surface area (Å²) in [6.45, 7) is 0. The van der Waals surface area contributed by atoms with Crippen molar-refractivity contribution >= 4 is 27.2 Å². The fourth-order valence-corrected chi connectivity index (χ4v) is 4.22. The normalized spacial score (nSPS) is 12.8. The molecule has 2 aromatic carbocycles. The van der Waals surface area contributed by atoms with Crippen LogP contribution in [0.5, 0.6) is 0 Å². The molecule has 130 valence electrons. The van der Waals surface area contributed by atoms with E-state index in [1.165, 1.54) is 0 Å². The second-order valence-electron chi connectivity index (χ2n) is 5.72. The number of hydrogen-bond acceptors (Lipinski definition) is 5. The third-order valence-electron chi connectivity index (χ3n) is 3.86. The summed E-state index contributed by atoms with van der Waals surface area (Å²) in [7, 11) is -3.64. The van der Waals surface area contributed by atoms with Crippen LogP contribution in [0.1, 0.15) is 17.4 Å². The molecule has 1 N–H and O–H groups in total. The molecule has 25 heavy (non-hydrogen) atoms. The Bertz CT molecular complexity index is 932. The maximum atomic E-state index is 12.6. The standard InChI is InChI=1S/C18H17NO5S/c20-13-19(21)17(14-6-2-1-3-7-14)12-25(22,23)11-16-10-15-8-4-5-9-18(15)24-16/h1-10,13,17,21H,11-12H2. The summed E-state index contributed by atoms with van der Waals surface area (Å²) in [4.78, 5) is 10.9. The fraction of sp³-hybridized carbons (Fsp3) is 0.167. The number of benzene rings is 2. The highest BCUT2D eigenvalue weighted by Crippen LogP contribution is 2.24. The topological polar surface area (TPSA) is 87.8 Å². The summed E-state index contributed by atoms with van der Waals surface area (Å²) < 4.78 is 30.7. The largest absolute Gasteiger partial charge is 0.460 e. The number of sulfone groups is 1. The van der Waals surface area contributed by atoms with E-state index in [0.29, 0.717) is 22.0 Å². The molecule has 1 aromatic heterocycles. The molecule has 1 amide bonds. The first-order valence-electron chi connectivity index (χ1n) is 7.64. The van der Waals surface area contributed by atoms with E-state index >= 15 is 0 Å². The lowest BCUT2D eigenvalue weighted by Crippen LogP contribution is -2.30. The number of rotatable bonds is 7. The molecule has 0 radical (unpaired) electrons. The van der Waals surface area contributed by atoms with Crippen LogP contribution in [0.15, 0.2) is 65.1 Å². The van der Waals surface area contributed by atoms with Crippen molar-refractivity contribution in [3.05, 3.63) is 72.0 Å². The second-order valence-corrected chi connectivity index (χ2v) is 7.83. The Morgan fingerprint density at radius 2 is 1.76 bits per heavy atom. The van der Waals surface area contributed by atoms with E-state index in [1.807, 2.05) is 18.2 Å². The van der Waals surface area contributed by atoms with Crippen molar-refractivity contribution in [2.75, 3.05) is 5.75 Å². The molecule has 0 aliphatic carbocycles. The highest BCUT2D eigenvalue weighted by molar-refractivity contribution is 7.90. The summed E-state index contributed by atoms with van der Waals surface area (Å²) in [6, 6.07) is 16.5. The minimum atomic E-state index is -3.64. The number of hydrogen-bond donors (Lipinski definition) is 1. The zero-order valence-corrected chi connectivity index (χ0v) is 14.1. The van der Waals surface area contributed by atoms with Gasteiger partial charge in [-0.2, -0.15) is 0 Å². The molecule has 0 aliphatic rings. The van der Waals surface area contributed by atoms with Gasteiger partial charge in [0.25, 0.3) is 0 Å². The van der Waals surface area contributed by atoms with Gasteiger partial charge in [0.1, 0.15) is 17.1 Å². The number of carbonyl (C=O) groups is 1. The zero-order chi connectivity index (χ0) is 17.9. The SMILES string of the molecule is O=CN(O)C(CS(=O)(=O)Cc1cc2ccccc2o1)c1ccccc1. The Hall–Kier alpha value is -2.64. The van der Waals surface area contributed by atoms with Gasteiger partial charge in [-0.1, -0.05) is 48.5 Å². The van der Waals surface area contributed by atoms with Crippen LogP contribution in [-0.2, 0) is 20.4 Å². The van der Waals surface area contributed by atoms with Crippen LogP contribution in [0, 0.1) is 0 Å². The van der Waals surface area contributed by atoms with E-state index < -0.39 is 21.6 Å². The van der Waals surface area contributed by atoms with Crippen LogP contribution in [-0.4, -0.2) is 30.9 Å². The Labute approximate surface area is 145 Å². The average Bonchev–Trinajstić information content (AvgIpc) is 3.01. The van der Waals surface area contributed by atoms with E-state index in [4.69, 9.17) is 4.42 Å². The van der Waals surface area contributed by atoms with Gasteiger partial charge >= 0.3 is 0 Å². The summed E-state index contributed by atoms with van der Waals surface area (Å²) >= 11 is 0. The number of carbonyl (C=O) groups excluding carboxylic acids is 1. The number of hydroxylamine groups is 2. The van der Waals surface area contributed by atoms with Crippen LogP contribution in [0.2, 0.25) is 0 Å². The van der Waals surface area contributed by atoms with Gasteiger partial charge in [-0.05, 0) is 17.7 Å². The van der Waals surface area contributed by atoms with Crippen LogP contribution in [0.25, 0.3) is 11.0 Å². The molecule has 6 nitrogen and oxygen atoms in total. The maximum Gasteiger partial charge on any atom is 0.233 e. The minimum absolute atomic E-state index is 0.203. The van der Waals surface area contributed by atoms with E-state index in [0.717, 1.165) is 5.39 Å². The van der Waals surface area contributed by atoms with E-state index in [9.17, 15) is 18.4 Å². The van der Waals surface area contributed by atoms with Gasteiger partial charge in [-0.25, -0.2) is 13.5 Å². The summed E-state index contributed by atoms with van der Waals surface area (Å²) in [5.41, 5.74) is 1.15. The Balaban J connectivity index is 1.83. The number of amides is 1. The van der Waals surface area contributed by atoms with E-state index in [2.05, 4.69) is 0 Å². The zero-order valence-electron chi connectivity index (χ0n) is 13.3. The Kier molecular flexibility index (Phi) is 4.87. The number of nitrogens with zero attached hydrogens (tertiary/aromatic N) is 1. The average molecular weight is 359 g/mol. The molecule has 0 fully saturated rings. The Morgan fingerprint density at radius 1 is 1.08 bits per heavy atom. The highest BCUT2D eigenvalue weighted by Gasteiger charge is 2.26. The molecular formula is C18H17NO5S. The fourth-order valence-electron chi connectivity index (χ4n) is 2.70. The van der Waals surface area contributed by atoms with Gasteiger partial charge in [0, 0.05) is 5.39 Å². The van der Waals surface area contributed by atoms with Crippen molar-refractivity contribution in [2.45, 2.75) is 11.8 Å².